The van der Waals surface area contributed by atoms with Crippen molar-refractivity contribution in [2.45, 2.75) is 0 Å². The molecule has 0 radical (unpaired) electrons. The number of aliphatic hydroxyl groups is 1. The number of hydrogen-bond acceptors (Lipinski definition) is 32. The summed E-state index contributed by atoms with van der Waals surface area (Å²) in [6, 6.07) is 0. The molecule has 0 spiro atoms. The number of azide groups is 1. The Bertz CT molecular complexity index is 1320. The number of ether oxygens (including phenoxy) is 29. The number of nitrogens with two attached hydrogens (primary N) is 1. The Morgan fingerprint density at radius 2 is 0.343 bits per heavy atom. The minimum absolute atomic E-state index is 0. The first-order valence-corrected chi connectivity index (χ1v) is 33.2. The van der Waals surface area contributed by atoms with Gasteiger partial charge < -0.3 is 159 Å². The van der Waals surface area contributed by atoms with E-state index in [4.69, 9.17) is 165 Å². The zero-order valence-electron chi connectivity index (χ0n) is 61.1. The summed E-state index contributed by atoms with van der Waals surface area (Å²) in [6.07, 6.45) is 0. The predicted octanol–water partition coefficient (Wildman–Crippen LogP) is -1.29. The van der Waals surface area contributed by atoms with Gasteiger partial charge in [-0.15, -0.1) is 0 Å². The monoisotopic (exact) mass is 1460 g/mol. The molecule has 0 fully saturated rings. The van der Waals surface area contributed by atoms with Crippen molar-refractivity contribution in [3.8, 4) is 0 Å². The molecular weight excluding hydrogens is 1330 g/mol. The summed E-state index contributed by atoms with van der Waals surface area (Å²) in [5, 5.41) is 11.8. The number of aliphatic hydroxyl groups excluding tert-OH is 1. The standard InChI is InChI=1S/C16H34O8.C15H31N3O7.C15H33NO7.C15H32O8.N3.Na/c1-17-3-5-19-7-9-21-11-13-23-15-16-24-14-12-22-10-8-20-6-4-18-2;1-19-4-5-21-8-9-23-12-13-25-15-14-24-11-10-22-7-6-20-3-2-17-18-16;2*1-17-4-5-19-8-9-21-12-13-23-15-14-22-11-10-20-7-6-18-3-2-16;1-3-2;/h3-16H2,1-2H3;2-15H2,1H3;2-16H2,1H3;16H,2-15H2,1H3;;/q;;;;-1;+1. The van der Waals surface area contributed by atoms with Crippen molar-refractivity contribution < 1.29 is 172 Å². The van der Waals surface area contributed by atoms with Crippen LogP contribution in [0.3, 0.4) is 0 Å². The second-order valence-electron chi connectivity index (χ2n) is 18.2. The van der Waals surface area contributed by atoms with Gasteiger partial charge in [-0.3, -0.25) is 4.91 Å². The fraction of sp³-hybridized carbons (Fsp3) is 1.00. The first kappa shape index (κ1) is 108. The average molecular weight is 1460 g/mol. The van der Waals surface area contributed by atoms with Crippen LogP contribution >= 0.6 is 0 Å². The summed E-state index contributed by atoms with van der Waals surface area (Å²) in [4.78, 5) is 4.13. The fourth-order valence-corrected chi connectivity index (χ4v) is 5.82. The molecular formula is C61H130N7NaO30. The van der Waals surface area contributed by atoms with Gasteiger partial charge in [0.15, 0.2) is 0 Å². The quantitative estimate of drug-likeness (QED) is 0.0235. The number of rotatable bonds is 82. The summed E-state index contributed by atoms with van der Waals surface area (Å²) >= 11 is 0. The third kappa shape index (κ3) is 130. The number of methoxy groups -OCH3 is 5. The fourth-order valence-electron chi connectivity index (χ4n) is 5.82. The molecule has 0 saturated carbocycles. The molecule has 0 aromatic rings. The van der Waals surface area contributed by atoms with Crippen LogP contribution in [0.1, 0.15) is 0 Å². The van der Waals surface area contributed by atoms with Gasteiger partial charge >= 0.3 is 29.6 Å². The smallest absolute Gasteiger partial charge is 0.394 e. The van der Waals surface area contributed by atoms with Crippen molar-refractivity contribution in [2.75, 3.05) is 405 Å². The average Bonchev–Trinajstić information content (AvgIpc) is 3.65. The molecule has 0 atom stereocenters. The first-order chi connectivity index (χ1) is 48.6. The Morgan fingerprint density at radius 1 is 0.222 bits per heavy atom. The van der Waals surface area contributed by atoms with E-state index in [-0.39, 0.29) is 36.2 Å². The van der Waals surface area contributed by atoms with Gasteiger partial charge in [0.1, 0.15) is 0 Å². The minimum atomic E-state index is 0. The summed E-state index contributed by atoms with van der Waals surface area (Å²) < 4.78 is 152. The largest absolute Gasteiger partial charge is 1.00 e. The molecule has 0 aromatic heterocycles. The Morgan fingerprint density at radius 3 is 0.465 bits per heavy atom. The third-order valence-corrected chi connectivity index (χ3v) is 10.5. The van der Waals surface area contributed by atoms with Gasteiger partial charge in [0.25, 0.3) is 0 Å². The van der Waals surface area contributed by atoms with E-state index in [9.17, 15) is 0 Å². The maximum absolute atomic E-state index is 8.49. The van der Waals surface area contributed by atoms with Gasteiger partial charge in [-0.1, -0.05) is 5.11 Å². The van der Waals surface area contributed by atoms with Gasteiger partial charge in [-0.25, -0.2) is 0 Å². The number of hydrogen-bond donors (Lipinski definition) is 2. The van der Waals surface area contributed by atoms with Gasteiger partial charge in [0, 0.05) is 53.6 Å². The molecule has 3 N–H and O–H groups in total. The molecule has 0 aliphatic rings. The van der Waals surface area contributed by atoms with Crippen LogP contribution in [0.15, 0.2) is 5.11 Å². The molecule has 0 heterocycles. The van der Waals surface area contributed by atoms with Crippen LogP contribution in [0.5, 0.6) is 0 Å². The zero-order valence-corrected chi connectivity index (χ0v) is 63.1. The molecule has 0 unspecified atom stereocenters. The summed E-state index contributed by atoms with van der Waals surface area (Å²) in [5.74, 6) is 0. The molecule has 0 aliphatic heterocycles. The van der Waals surface area contributed by atoms with Crippen LogP contribution in [0.2, 0.25) is 0 Å². The summed E-state index contributed by atoms with van der Waals surface area (Å²) in [6.45, 7) is 29.9. The molecule has 0 aliphatic carbocycles. The van der Waals surface area contributed by atoms with Crippen LogP contribution in [0.4, 0.5) is 0 Å². The van der Waals surface area contributed by atoms with Crippen LogP contribution < -0.4 is 35.3 Å². The minimum Gasteiger partial charge on any atom is -0.394 e. The molecule has 38 heteroatoms. The molecule has 0 amide bonds. The molecule has 37 nitrogen and oxygen atoms in total. The van der Waals surface area contributed by atoms with Crippen molar-refractivity contribution >= 4 is 0 Å². The van der Waals surface area contributed by atoms with Crippen molar-refractivity contribution in [2.24, 2.45) is 10.8 Å². The molecule has 0 aromatic carbocycles. The topological polar surface area (TPSA) is 421 Å². The predicted molar refractivity (Wildman–Crippen MR) is 359 cm³/mol. The van der Waals surface area contributed by atoms with E-state index in [1.807, 2.05) is 0 Å². The van der Waals surface area contributed by atoms with Gasteiger partial charge in [0.2, 0.25) is 0 Å². The van der Waals surface area contributed by atoms with Crippen molar-refractivity contribution in [1.82, 2.24) is 0 Å². The van der Waals surface area contributed by atoms with Crippen LogP contribution in [0, 0.1) is 0 Å². The van der Waals surface area contributed by atoms with E-state index < -0.39 is 0 Å². The Labute approximate surface area is 612 Å². The Balaban J connectivity index is -0.000000286. The van der Waals surface area contributed by atoms with Gasteiger partial charge in [-0.2, -0.15) is 0 Å². The maximum atomic E-state index is 8.49. The van der Waals surface area contributed by atoms with Crippen LogP contribution in [-0.4, -0.2) is 411 Å². The third-order valence-electron chi connectivity index (χ3n) is 10.5. The normalized spacial score (nSPS) is 10.7. The van der Waals surface area contributed by atoms with E-state index in [1.54, 1.807) is 35.5 Å². The van der Waals surface area contributed by atoms with Crippen molar-refractivity contribution in [3.05, 3.63) is 26.4 Å². The Hall–Kier alpha value is -1.62. The molecule has 0 saturated heterocycles. The van der Waals surface area contributed by atoms with Crippen LogP contribution in [0.25, 0.3) is 26.4 Å². The Kier molecular flexibility index (Phi) is 129. The molecule has 0 bridgehead atoms. The maximum Gasteiger partial charge on any atom is 1.00 e. The van der Waals surface area contributed by atoms with E-state index in [1.165, 1.54) is 4.91 Å². The number of nitrogens with zero attached hydrogens (tertiary/aromatic N) is 6. The van der Waals surface area contributed by atoms with E-state index >= 15 is 0 Å². The summed E-state index contributed by atoms with van der Waals surface area (Å²) in [5.41, 5.74) is 26.9. The second kappa shape index (κ2) is 118. The zero-order chi connectivity index (χ0) is 72.2. The van der Waals surface area contributed by atoms with Crippen molar-refractivity contribution in [3.63, 3.8) is 0 Å². The SMILES string of the molecule is COCCOCCOCCOCCOCCOCCOCCN.COCCOCCOCCOCCOCCOCCOCCN=[N+]=[N-].COCCOCCOCCOCCOCCOCCOCCO.COCCOCCOCCOCCOCCOCCOCCOC.[N-]=[N+]=[N-].[Na+]. The molecule has 99 heavy (non-hydrogen) atoms. The van der Waals surface area contributed by atoms with E-state index in [0.717, 1.165) is 0 Å². The van der Waals surface area contributed by atoms with E-state index in [2.05, 4.69) is 10.0 Å². The molecule has 590 valence electrons. The van der Waals surface area contributed by atoms with Crippen molar-refractivity contribution in [1.29, 1.82) is 0 Å². The van der Waals surface area contributed by atoms with Crippen LogP contribution in [-0.2, 0) is 137 Å². The van der Waals surface area contributed by atoms with Gasteiger partial charge in [-0.05, 0) is 5.53 Å². The second-order valence-corrected chi connectivity index (χ2v) is 18.2. The first-order valence-electron chi connectivity index (χ1n) is 33.2. The summed E-state index contributed by atoms with van der Waals surface area (Å²) in [7, 11) is 8.22. The van der Waals surface area contributed by atoms with E-state index in [0.29, 0.717) is 363 Å². The van der Waals surface area contributed by atoms with Gasteiger partial charge in [0.05, 0.1) is 357 Å². The molecule has 0 rings (SSSR count).